The first kappa shape index (κ1) is 17.9. The maximum atomic E-state index is 12.3. The van der Waals surface area contributed by atoms with Crippen molar-refractivity contribution >= 4 is 15.9 Å². The van der Waals surface area contributed by atoms with Gasteiger partial charge in [-0.15, -0.1) is 0 Å². The molecule has 7 nitrogen and oxygen atoms in total. The molecule has 1 aliphatic rings. The van der Waals surface area contributed by atoms with Crippen LogP contribution in [0.4, 0.5) is 0 Å². The monoisotopic (exact) mass is 342 g/mol. The van der Waals surface area contributed by atoms with E-state index in [1.54, 1.807) is 6.20 Å². The molecule has 0 spiro atoms. The molecule has 0 aliphatic heterocycles. The van der Waals surface area contributed by atoms with Crippen LogP contribution in [-0.4, -0.2) is 43.1 Å². The molecule has 1 fully saturated rings. The molecule has 2 rings (SSSR count). The molecule has 0 saturated heterocycles. The van der Waals surface area contributed by atoms with E-state index in [1.165, 1.54) is 32.6 Å². The highest BCUT2D eigenvalue weighted by atomic mass is 32.2. The predicted molar refractivity (Wildman–Crippen MR) is 88.3 cm³/mol. The second-order valence-corrected chi connectivity index (χ2v) is 8.05. The van der Waals surface area contributed by atoms with Crippen molar-refractivity contribution < 1.29 is 13.2 Å². The lowest BCUT2D eigenvalue weighted by atomic mass is 9.88. The van der Waals surface area contributed by atoms with E-state index in [0.717, 1.165) is 12.8 Å². The zero-order chi connectivity index (χ0) is 16.7. The molecule has 23 heavy (non-hydrogen) atoms. The van der Waals surface area contributed by atoms with E-state index in [0.29, 0.717) is 18.0 Å². The van der Waals surface area contributed by atoms with Crippen molar-refractivity contribution in [1.29, 1.82) is 0 Å². The molecule has 3 N–H and O–H groups in total. The molecule has 0 unspecified atom stereocenters. The van der Waals surface area contributed by atoms with Crippen molar-refractivity contribution in [2.24, 2.45) is 5.92 Å². The Labute approximate surface area is 137 Å². The summed E-state index contributed by atoms with van der Waals surface area (Å²) in [6, 6.07) is -0.822. The standard InChI is InChI=1S/C15H26N4O3S/c1-16-15(20)14(9-13-10-17-11-18-13)19-23(21,22)8-7-12-5-3-2-4-6-12/h10-12,14,19H,2-9H2,1H3,(H,16,20)(H,17,18)/t14-/m0/s1. The summed E-state index contributed by atoms with van der Waals surface area (Å²) in [6.45, 7) is 0. The SMILES string of the molecule is CNC(=O)[C@H](Cc1cnc[nH]1)NS(=O)(=O)CCC1CCCCC1. The Morgan fingerprint density at radius 1 is 1.39 bits per heavy atom. The summed E-state index contributed by atoms with van der Waals surface area (Å²) >= 11 is 0. The van der Waals surface area contributed by atoms with Crippen LogP contribution >= 0.6 is 0 Å². The van der Waals surface area contributed by atoms with Gasteiger partial charge in [-0.05, 0) is 12.3 Å². The van der Waals surface area contributed by atoms with Gasteiger partial charge in [-0.3, -0.25) is 4.79 Å². The predicted octanol–water partition coefficient (Wildman–Crippen LogP) is 0.957. The number of sulfonamides is 1. The highest BCUT2D eigenvalue weighted by Crippen LogP contribution is 2.26. The van der Waals surface area contributed by atoms with Gasteiger partial charge in [-0.1, -0.05) is 32.1 Å². The molecular formula is C15H26N4O3S. The minimum atomic E-state index is -3.48. The Morgan fingerprint density at radius 3 is 2.74 bits per heavy atom. The summed E-state index contributed by atoms with van der Waals surface area (Å²) in [5, 5.41) is 2.51. The van der Waals surface area contributed by atoms with Crippen LogP contribution in [0.3, 0.4) is 0 Å². The number of imidazole rings is 1. The van der Waals surface area contributed by atoms with Crippen LogP contribution in [0.25, 0.3) is 0 Å². The number of hydrogen-bond donors (Lipinski definition) is 3. The molecule has 0 aromatic carbocycles. The Balaban J connectivity index is 1.91. The number of amides is 1. The number of carbonyl (C=O) groups excluding carboxylic acids is 1. The van der Waals surface area contributed by atoms with E-state index in [-0.39, 0.29) is 18.1 Å². The van der Waals surface area contributed by atoms with E-state index in [2.05, 4.69) is 20.0 Å². The lowest BCUT2D eigenvalue weighted by Gasteiger charge is -2.22. The molecule has 1 atom stereocenters. The summed E-state index contributed by atoms with van der Waals surface area (Å²) in [6.07, 6.45) is 9.88. The minimum absolute atomic E-state index is 0.0775. The van der Waals surface area contributed by atoms with E-state index in [9.17, 15) is 13.2 Å². The van der Waals surface area contributed by atoms with Gasteiger partial charge in [0.05, 0.1) is 12.1 Å². The Morgan fingerprint density at radius 2 is 2.13 bits per heavy atom. The molecule has 130 valence electrons. The Bertz CT molecular complexity index is 580. The van der Waals surface area contributed by atoms with Crippen LogP contribution in [0.5, 0.6) is 0 Å². The fraction of sp³-hybridized carbons (Fsp3) is 0.733. The first-order valence-corrected chi connectivity index (χ1v) is 9.84. The molecule has 1 aromatic heterocycles. The molecule has 1 amide bonds. The fourth-order valence-corrected chi connectivity index (χ4v) is 4.44. The first-order chi connectivity index (χ1) is 11.0. The average Bonchev–Trinajstić information content (AvgIpc) is 3.05. The fourth-order valence-electron chi connectivity index (χ4n) is 3.05. The third-order valence-electron chi connectivity index (χ3n) is 4.38. The highest BCUT2D eigenvalue weighted by Gasteiger charge is 2.25. The highest BCUT2D eigenvalue weighted by molar-refractivity contribution is 7.89. The number of nitrogens with zero attached hydrogens (tertiary/aromatic N) is 1. The zero-order valence-corrected chi connectivity index (χ0v) is 14.4. The number of aromatic amines is 1. The van der Waals surface area contributed by atoms with Crippen molar-refractivity contribution in [2.45, 2.75) is 51.0 Å². The summed E-state index contributed by atoms with van der Waals surface area (Å²) < 4.78 is 27.2. The molecule has 8 heteroatoms. The summed E-state index contributed by atoms with van der Waals surface area (Å²) in [7, 11) is -1.98. The lowest BCUT2D eigenvalue weighted by molar-refractivity contribution is -0.122. The molecule has 1 saturated carbocycles. The summed E-state index contributed by atoms with van der Waals surface area (Å²) in [5.74, 6) is 0.223. The molecule has 1 aromatic rings. The quantitative estimate of drug-likeness (QED) is 0.654. The smallest absolute Gasteiger partial charge is 0.238 e. The van der Waals surface area contributed by atoms with E-state index >= 15 is 0 Å². The number of hydrogen-bond acceptors (Lipinski definition) is 4. The second-order valence-electron chi connectivity index (χ2n) is 6.18. The van der Waals surface area contributed by atoms with Gasteiger partial charge in [0, 0.05) is 25.4 Å². The van der Waals surface area contributed by atoms with Crippen LogP contribution in [0.2, 0.25) is 0 Å². The largest absolute Gasteiger partial charge is 0.358 e. The first-order valence-electron chi connectivity index (χ1n) is 8.19. The molecule has 1 aliphatic carbocycles. The van der Waals surface area contributed by atoms with Crippen LogP contribution in [0.15, 0.2) is 12.5 Å². The van der Waals surface area contributed by atoms with Gasteiger partial charge >= 0.3 is 0 Å². The molecular weight excluding hydrogens is 316 g/mol. The zero-order valence-electron chi connectivity index (χ0n) is 13.5. The van der Waals surface area contributed by atoms with Crippen LogP contribution in [0.1, 0.15) is 44.2 Å². The van der Waals surface area contributed by atoms with Crippen LogP contribution in [-0.2, 0) is 21.2 Å². The topological polar surface area (TPSA) is 104 Å². The molecule has 1 heterocycles. The van der Waals surface area contributed by atoms with Crippen molar-refractivity contribution in [3.63, 3.8) is 0 Å². The number of carbonyl (C=O) groups is 1. The molecule has 0 bridgehead atoms. The minimum Gasteiger partial charge on any atom is -0.358 e. The van der Waals surface area contributed by atoms with Crippen molar-refractivity contribution in [1.82, 2.24) is 20.0 Å². The van der Waals surface area contributed by atoms with Gasteiger partial charge in [0.1, 0.15) is 6.04 Å². The average molecular weight is 342 g/mol. The maximum Gasteiger partial charge on any atom is 0.238 e. The van der Waals surface area contributed by atoms with Crippen LogP contribution < -0.4 is 10.0 Å². The van der Waals surface area contributed by atoms with Gasteiger partial charge in [-0.2, -0.15) is 0 Å². The number of rotatable bonds is 8. The summed E-state index contributed by atoms with van der Waals surface area (Å²) in [4.78, 5) is 18.7. The van der Waals surface area contributed by atoms with Crippen molar-refractivity contribution in [2.75, 3.05) is 12.8 Å². The van der Waals surface area contributed by atoms with E-state index in [4.69, 9.17) is 0 Å². The number of H-pyrrole nitrogens is 1. The maximum absolute atomic E-state index is 12.3. The van der Waals surface area contributed by atoms with E-state index < -0.39 is 16.1 Å². The number of nitrogens with one attached hydrogen (secondary N) is 3. The number of aromatic nitrogens is 2. The second kappa shape index (κ2) is 8.44. The Kier molecular flexibility index (Phi) is 6.59. The van der Waals surface area contributed by atoms with Gasteiger partial charge in [-0.25, -0.2) is 18.1 Å². The third-order valence-corrected chi connectivity index (χ3v) is 5.80. The van der Waals surface area contributed by atoms with E-state index in [1.807, 2.05) is 0 Å². The summed E-state index contributed by atoms with van der Waals surface area (Å²) in [5.41, 5.74) is 0.716. The lowest BCUT2D eigenvalue weighted by Crippen LogP contribution is -2.47. The van der Waals surface area contributed by atoms with Gasteiger partial charge in [0.25, 0.3) is 0 Å². The van der Waals surface area contributed by atoms with Crippen molar-refractivity contribution in [3.05, 3.63) is 18.2 Å². The normalized spacial score (nSPS) is 17.8. The number of likely N-dealkylation sites (N-methyl/N-ethyl adjacent to an activating group) is 1. The van der Waals surface area contributed by atoms with Crippen LogP contribution in [0, 0.1) is 5.92 Å². The van der Waals surface area contributed by atoms with Gasteiger partial charge < -0.3 is 10.3 Å². The van der Waals surface area contributed by atoms with Gasteiger partial charge in [0.2, 0.25) is 15.9 Å². The van der Waals surface area contributed by atoms with Crippen molar-refractivity contribution in [3.8, 4) is 0 Å². The van der Waals surface area contributed by atoms with Gasteiger partial charge in [0.15, 0.2) is 0 Å². The Hall–Kier alpha value is -1.41. The third kappa shape index (κ3) is 5.95. The molecule has 0 radical (unpaired) electrons.